The molecule has 0 aliphatic carbocycles. The van der Waals surface area contributed by atoms with Gasteiger partial charge in [-0.25, -0.2) is 0 Å². The van der Waals surface area contributed by atoms with E-state index in [-0.39, 0.29) is 28.5 Å². The molecular formula is C28H24Cl3N5O. The fourth-order valence-electron chi connectivity index (χ4n) is 5.12. The predicted molar refractivity (Wildman–Crippen MR) is 151 cm³/mol. The van der Waals surface area contributed by atoms with Crippen molar-refractivity contribution in [3.63, 3.8) is 0 Å². The van der Waals surface area contributed by atoms with E-state index < -0.39 is 0 Å². The van der Waals surface area contributed by atoms with E-state index in [2.05, 4.69) is 50.8 Å². The molecule has 0 N–H and O–H groups in total. The van der Waals surface area contributed by atoms with Gasteiger partial charge >= 0.3 is 0 Å². The molecule has 0 amide bonds. The highest BCUT2D eigenvalue weighted by Gasteiger charge is 2.34. The van der Waals surface area contributed by atoms with Gasteiger partial charge < -0.3 is 14.3 Å². The number of anilines is 1. The van der Waals surface area contributed by atoms with Crippen LogP contribution in [0.3, 0.4) is 0 Å². The molecule has 0 radical (unpaired) electrons. The Balaban J connectivity index is 1.54. The van der Waals surface area contributed by atoms with Gasteiger partial charge in [-0.2, -0.15) is 0 Å². The van der Waals surface area contributed by atoms with Crippen molar-refractivity contribution in [3.8, 4) is 0 Å². The summed E-state index contributed by atoms with van der Waals surface area (Å²) >= 11 is 19.0. The van der Waals surface area contributed by atoms with Crippen LogP contribution in [0.15, 0.2) is 65.5 Å². The Morgan fingerprint density at radius 2 is 1.54 bits per heavy atom. The first-order valence-corrected chi connectivity index (χ1v) is 13.0. The van der Waals surface area contributed by atoms with Crippen LogP contribution < -0.4 is 10.5 Å². The number of aryl methyl sites for hydroxylation is 1. The summed E-state index contributed by atoms with van der Waals surface area (Å²) in [4.78, 5) is 25.6. The maximum atomic E-state index is 13.0. The Morgan fingerprint density at radius 3 is 2.08 bits per heavy atom. The third-order valence-electron chi connectivity index (χ3n) is 6.96. The van der Waals surface area contributed by atoms with E-state index in [1.807, 2.05) is 24.3 Å². The van der Waals surface area contributed by atoms with E-state index in [1.54, 1.807) is 19.2 Å². The maximum Gasteiger partial charge on any atom is 0.271 e. The van der Waals surface area contributed by atoms with Gasteiger partial charge in [0.1, 0.15) is 10.7 Å². The predicted octanol–water partition coefficient (Wildman–Crippen LogP) is 6.74. The average molecular weight is 553 g/mol. The molecule has 3 heterocycles. The molecule has 1 atom stereocenters. The first kappa shape index (κ1) is 25.6. The SMILES string of the molecule is [C-]#[N+]c1ccc2c(n1)c(N1CCN(C(c3ccc(Cl)cc3)c3ccc(Cl)cc3)[C@H](C)C1)c(Cl)c(=O)n2C. The Morgan fingerprint density at radius 1 is 0.946 bits per heavy atom. The lowest BCUT2D eigenvalue weighted by Crippen LogP contribution is -2.53. The average Bonchev–Trinajstić information content (AvgIpc) is 2.90. The van der Waals surface area contributed by atoms with Gasteiger partial charge in [-0.3, -0.25) is 9.69 Å². The lowest BCUT2D eigenvalue weighted by molar-refractivity contribution is 0.150. The Kier molecular flexibility index (Phi) is 7.15. The highest BCUT2D eigenvalue weighted by atomic mass is 35.5. The number of pyridine rings is 2. The minimum absolute atomic E-state index is 0.00520. The zero-order valence-corrected chi connectivity index (χ0v) is 22.6. The van der Waals surface area contributed by atoms with E-state index >= 15 is 0 Å². The smallest absolute Gasteiger partial charge is 0.271 e. The zero-order chi connectivity index (χ0) is 26.3. The van der Waals surface area contributed by atoms with Gasteiger partial charge in [0, 0.05) is 42.8 Å². The fraction of sp³-hybridized carbons (Fsp3) is 0.250. The summed E-state index contributed by atoms with van der Waals surface area (Å²) in [5, 5.41) is 1.50. The number of piperazine rings is 1. The fourth-order valence-corrected chi connectivity index (χ4v) is 5.71. The van der Waals surface area contributed by atoms with Crippen molar-refractivity contribution in [1.29, 1.82) is 0 Å². The number of halogens is 3. The van der Waals surface area contributed by atoms with Crippen LogP contribution in [0.2, 0.25) is 15.1 Å². The van der Waals surface area contributed by atoms with Gasteiger partial charge in [0.25, 0.3) is 11.4 Å². The van der Waals surface area contributed by atoms with E-state index in [4.69, 9.17) is 41.4 Å². The molecule has 5 rings (SSSR count). The molecule has 0 spiro atoms. The van der Waals surface area contributed by atoms with Crippen molar-refractivity contribution < 1.29 is 0 Å². The first-order chi connectivity index (χ1) is 17.8. The van der Waals surface area contributed by atoms with Crippen LogP contribution in [0.5, 0.6) is 0 Å². The van der Waals surface area contributed by atoms with Crippen LogP contribution in [-0.4, -0.2) is 40.1 Å². The first-order valence-electron chi connectivity index (χ1n) is 11.9. The van der Waals surface area contributed by atoms with Gasteiger partial charge in [-0.1, -0.05) is 65.6 Å². The molecule has 1 saturated heterocycles. The summed E-state index contributed by atoms with van der Waals surface area (Å²) in [7, 11) is 1.67. The second-order valence-corrected chi connectivity index (χ2v) is 10.5. The highest BCUT2D eigenvalue weighted by Crippen LogP contribution is 2.37. The molecule has 1 aliphatic heterocycles. The van der Waals surface area contributed by atoms with Gasteiger partial charge in [-0.05, 0) is 54.4 Å². The van der Waals surface area contributed by atoms with Crippen molar-refractivity contribution in [3.05, 3.63) is 109 Å². The molecule has 0 saturated carbocycles. The Hall–Kier alpha value is -3.08. The minimum atomic E-state index is -0.281. The van der Waals surface area contributed by atoms with Crippen molar-refractivity contribution >= 4 is 57.3 Å². The van der Waals surface area contributed by atoms with Crippen LogP contribution in [0.4, 0.5) is 11.5 Å². The molecule has 4 aromatic rings. The Bertz CT molecular complexity index is 1520. The number of fused-ring (bicyclic) bond motifs is 1. The van der Waals surface area contributed by atoms with Crippen molar-refractivity contribution in [2.45, 2.75) is 19.0 Å². The molecule has 0 unspecified atom stereocenters. The number of hydrogen-bond donors (Lipinski definition) is 0. The summed E-state index contributed by atoms with van der Waals surface area (Å²) in [6.07, 6.45) is 0. The van der Waals surface area contributed by atoms with Gasteiger partial charge in [0.05, 0.1) is 11.6 Å². The van der Waals surface area contributed by atoms with Crippen LogP contribution in [0.25, 0.3) is 15.9 Å². The number of benzene rings is 2. The largest absolute Gasteiger partial charge is 0.364 e. The molecule has 9 heteroatoms. The quantitative estimate of drug-likeness (QED) is 0.263. The van der Waals surface area contributed by atoms with Crippen molar-refractivity contribution in [2.24, 2.45) is 7.05 Å². The molecule has 0 bridgehead atoms. The van der Waals surface area contributed by atoms with Crippen LogP contribution in [-0.2, 0) is 7.05 Å². The van der Waals surface area contributed by atoms with Gasteiger partial charge in [-0.15, -0.1) is 4.98 Å². The summed E-state index contributed by atoms with van der Waals surface area (Å²) in [6, 6.07) is 19.3. The standard InChI is InChI=1S/C28H24Cl3N5O/c1-17-16-35(27-24(31)28(37)34(3)22-12-13-23(32-2)33-25(22)27)14-15-36(17)26(18-4-8-20(29)9-5-18)19-6-10-21(30)11-7-19/h4-13,17,26H,14-16H2,1,3H3/t17-/m1/s1. The normalized spacial score (nSPS) is 16.4. The number of aromatic nitrogens is 2. The van der Waals surface area contributed by atoms with E-state index in [0.29, 0.717) is 46.4 Å². The summed E-state index contributed by atoms with van der Waals surface area (Å²) in [6.45, 7) is 11.5. The number of nitrogens with zero attached hydrogens (tertiary/aromatic N) is 5. The third-order valence-corrected chi connectivity index (χ3v) is 7.80. The lowest BCUT2D eigenvalue weighted by Gasteiger charge is -2.45. The Labute approximate surface area is 230 Å². The lowest BCUT2D eigenvalue weighted by atomic mass is 9.94. The van der Waals surface area contributed by atoms with Gasteiger partial charge in [0.15, 0.2) is 0 Å². The third kappa shape index (κ3) is 4.81. The topological polar surface area (TPSA) is 45.7 Å². The minimum Gasteiger partial charge on any atom is -0.364 e. The second-order valence-electron chi connectivity index (χ2n) is 9.21. The molecular weight excluding hydrogens is 529 g/mol. The van der Waals surface area contributed by atoms with Crippen molar-refractivity contribution in [1.82, 2.24) is 14.5 Å². The summed E-state index contributed by atoms with van der Waals surface area (Å²) < 4.78 is 1.48. The van der Waals surface area contributed by atoms with Crippen LogP contribution in [0.1, 0.15) is 24.1 Å². The maximum absolute atomic E-state index is 13.0. The second kappa shape index (κ2) is 10.4. The van der Waals surface area contributed by atoms with E-state index in [9.17, 15) is 4.79 Å². The summed E-state index contributed by atoms with van der Waals surface area (Å²) in [5.74, 6) is 0.265. The monoisotopic (exact) mass is 551 g/mol. The molecule has 37 heavy (non-hydrogen) atoms. The molecule has 6 nitrogen and oxygen atoms in total. The molecule has 188 valence electrons. The van der Waals surface area contributed by atoms with Crippen molar-refractivity contribution in [2.75, 3.05) is 24.5 Å². The van der Waals surface area contributed by atoms with E-state index in [0.717, 1.165) is 11.1 Å². The molecule has 2 aromatic heterocycles. The molecule has 2 aromatic carbocycles. The van der Waals surface area contributed by atoms with Crippen LogP contribution in [0, 0.1) is 6.57 Å². The number of rotatable bonds is 4. The van der Waals surface area contributed by atoms with E-state index in [1.165, 1.54) is 4.57 Å². The van der Waals surface area contributed by atoms with Gasteiger partial charge in [0.2, 0.25) is 5.52 Å². The highest BCUT2D eigenvalue weighted by molar-refractivity contribution is 6.34. The zero-order valence-electron chi connectivity index (χ0n) is 20.3. The molecule has 1 fully saturated rings. The number of hydrogen-bond acceptors (Lipinski definition) is 4. The van der Waals surface area contributed by atoms with Crippen LogP contribution >= 0.6 is 34.8 Å². The molecule has 1 aliphatic rings. The summed E-state index contributed by atoms with van der Waals surface area (Å²) in [5.41, 5.74) is 3.78.